The van der Waals surface area contributed by atoms with Crippen molar-refractivity contribution in [1.29, 1.82) is 0 Å². The molecule has 0 aliphatic rings. The molecule has 0 atom stereocenters. The summed E-state index contributed by atoms with van der Waals surface area (Å²) >= 11 is 11.8. The lowest BCUT2D eigenvalue weighted by molar-refractivity contribution is -0.123. The topological polar surface area (TPSA) is 66.5 Å². The molecule has 0 bridgehead atoms. The Bertz CT molecular complexity index is 670. The Balaban J connectivity index is 2.66. The third-order valence-electron chi connectivity index (χ3n) is 2.90. The quantitative estimate of drug-likeness (QED) is 0.823. The van der Waals surface area contributed by atoms with Crippen LogP contribution >= 0.6 is 23.2 Å². The first-order valence-electron chi connectivity index (χ1n) is 7.08. The SMILES string of the molecule is CN(CCS(=O)(=O)c1cc(Cl)ccc1Cl)CC(=O)NC(C)(C)C. The van der Waals surface area contributed by atoms with Crippen LogP contribution in [0, 0.1) is 0 Å². The van der Waals surface area contributed by atoms with Gasteiger partial charge in [0.05, 0.1) is 22.2 Å². The summed E-state index contributed by atoms with van der Waals surface area (Å²) in [5.41, 5.74) is -0.321. The smallest absolute Gasteiger partial charge is 0.234 e. The predicted molar refractivity (Wildman–Crippen MR) is 93.9 cm³/mol. The number of nitrogens with one attached hydrogen (secondary N) is 1. The standard InChI is InChI=1S/C15H22Cl2N2O3S/c1-15(2,3)18-14(20)10-19(4)7-8-23(21,22)13-9-11(16)5-6-12(13)17/h5-6,9H,7-8,10H2,1-4H3,(H,18,20). The number of benzene rings is 1. The number of halogens is 2. The van der Waals surface area contributed by atoms with E-state index in [0.29, 0.717) is 5.02 Å². The van der Waals surface area contributed by atoms with Gasteiger partial charge in [0.15, 0.2) is 9.84 Å². The number of rotatable bonds is 6. The Morgan fingerprint density at radius 2 is 1.87 bits per heavy atom. The summed E-state index contributed by atoms with van der Waals surface area (Å²) in [4.78, 5) is 13.5. The first-order valence-corrected chi connectivity index (χ1v) is 9.49. The van der Waals surface area contributed by atoms with Crippen LogP contribution in [-0.4, -0.2) is 50.7 Å². The zero-order valence-electron chi connectivity index (χ0n) is 13.7. The van der Waals surface area contributed by atoms with Crippen LogP contribution in [0.3, 0.4) is 0 Å². The number of amides is 1. The molecule has 0 spiro atoms. The molecule has 0 radical (unpaired) electrons. The van der Waals surface area contributed by atoms with Gasteiger partial charge < -0.3 is 5.32 Å². The number of carbonyl (C=O) groups is 1. The van der Waals surface area contributed by atoms with E-state index in [1.165, 1.54) is 18.2 Å². The van der Waals surface area contributed by atoms with E-state index in [1.807, 2.05) is 20.8 Å². The average Bonchev–Trinajstić information content (AvgIpc) is 2.37. The number of likely N-dealkylation sites (N-methyl/N-ethyl adjacent to an activating group) is 1. The fourth-order valence-corrected chi connectivity index (χ4v) is 4.03. The molecule has 0 aliphatic carbocycles. The van der Waals surface area contributed by atoms with Gasteiger partial charge in [0, 0.05) is 17.1 Å². The number of hydrogen-bond donors (Lipinski definition) is 1. The van der Waals surface area contributed by atoms with Crippen LogP contribution in [0.15, 0.2) is 23.1 Å². The zero-order valence-corrected chi connectivity index (χ0v) is 16.0. The second-order valence-electron chi connectivity index (χ2n) is 6.43. The van der Waals surface area contributed by atoms with E-state index in [4.69, 9.17) is 23.2 Å². The molecule has 8 heteroatoms. The normalized spacial score (nSPS) is 12.5. The average molecular weight is 381 g/mol. The van der Waals surface area contributed by atoms with Gasteiger partial charge in [-0.25, -0.2) is 8.42 Å². The molecule has 1 amide bonds. The molecule has 130 valence electrons. The molecule has 1 rings (SSSR count). The lowest BCUT2D eigenvalue weighted by atomic mass is 10.1. The van der Waals surface area contributed by atoms with E-state index in [-0.39, 0.29) is 40.2 Å². The second-order valence-corrected chi connectivity index (χ2v) is 9.35. The molecule has 1 N–H and O–H groups in total. The van der Waals surface area contributed by atoms with Gasteiger partial charge in [0.2, 0.25) is 5.91 Å². The largest absolute Gasteiger partial charge is 0.350 e. The highest BCUT2D eigenvalue weighted by Gasteiger charge is 2.20. The predicted octanol–water partition coefficient (Wildman–Crippen LogP) is 2.61. The number of sulfone groups is 1. The third-order valence-corrected chi connectivity index (χ3v) is 5.30. The number of nitrogens with zero attached hydrogens (tertiary/aromatic N) is 1. The summed E-state index contributed by atoms with van der Waals surface area (Å²) < 4.78 is 24.7. The minimum atomic E-state index is -3.57. The van der Waals surface area contributed by atoms with Crippen molar-refractivity contribution in [1.82, 2.24) is 10.2 Å². The summed E-state index contributed by atoms with van der Waals surface area (Å²) in [6.45, 7) is 5.99. The number of carbonyl (C=O) groups excluding carboxylic acids is 1. The van der Waals surface area contributed by atoms with Crippen molar-refractivity contribution in [2.24, 2.45) is 0 Å². The van der Waals surface area contributed by atoms with Gasteiger partial charge in [-0.15, -0.1) is 0 Å². The van der Waals surface area contributed by atoms with E-state index >= 15 is 0 Å². The van der Waals surface area contributed by atoms with Crippen molar-refractivity contribution in [2.45, 2.75) is 31.2 Å². The van der Waals surface area contributed by atoms with Crippen molar-refractivity contribution in [3.63, 3.8) is 0 Å². The van der Waals surface area contributed by atoms with Gasteiger partial charge in [-0.2, -0.15) is 0 Å². The summed E-state index contributed by atoms with van der Waals surface area (Å²) in [6, 6.07) is 4.33. The van der Waals surface area contributed by atoms with Gasteiger partial charge in [0.1, 0.15) is 0 Å². The zero-order chi connectivity index (χ0) is 17.8. The summed E-state index contributed by atoms with van der Waals surface area (Å²) in [7, 11) is -1.88. The molecule has 0 aromatic heterocycles. The Hall–Kier alpha value is -0.820. The molecule has 1 aromatic rings. The summed E-state index contributed by atoms with van der Waals surface area (Å²) in [5.74, 6) is -0.301. The maximum Gasteiger partial charge on any atom is 0.234 e. The van der Waals surface area contributed by atoms with Crippen LogP contribution < -0.4 is 5.32 Å². The molecule has 0 fully saturated rings. The Kier molecular flexibility index (Phi) is 6.89. The van der Waals surface area contributed by atoms with E-state index in [1.54, 1.807) is 11.9 Å². The molecule has 23 heavy (non-hydrogen) atoms. The van der Waals surface area contributed by atoms with Crippen LogP contribution in [0.2, 0.25) is 10.0 Å². The first-order chi connectivity index (χ1) is 10.4. The molecule has 5 nitrogen and oxygen atoms in total. The fraction of sp³-hybridized carbons (Fsp3) is 0.533. The van der Waals surface area contributed by atoms with Crippen LogP contribution in [0.5, 0.6) is 0 Å². The van der Waals surface area contributed by atoms with Gasteiger partial charge in [0.25, 0.3) is 0 Å². The molecular weight excluding hydrogens is 359 g/mol. The monoisotopic (exact) mass is 380 g/mol. The van der Waals surface area contributed by atoms with E-state index < -0.39 is 9.84 Å². The number of hydrogen-bond acceptors (Lipinski definition) is 4. The van der Waals surface area contributed by atoms with Crippen LogP contribution in [-0.2, 0) is 14.6 Å². The Morgan fingerprint density at radius 3 is 2.43 bits per heavy atom. The van der Waals surface area contributed by atoms with E-state index in [9.17, 15) is 13.2 Å². The first kappa shape index (κ1) is 20.2. The maximum atomic E-state index is 12.4. The maximum absolute atomic E-state index is 12.4. The highest BCUT2D eigenvalue weighted by molar-refractivity contribution is 7.91. The summed E-state index contributed by atoms with van der Waals surface area (Å²) in [5, 5.41) is 3.28. The summed E-state index contributed by atoms with van der Waals surface area (Å²) in [6.07, 6.45) is 0. The molecule has 0 aliphatic heterocycles. The second kappa shape index (κ2) is 7.83. The molecule has 0 unspecified atom stereocenters. The van der Waals surface area contributed by atoms with Gasteiger partial charge in [-0.1, -0.05) is 23.2 Å². The minimum absolute atomic E-state index is 0.0132. The van der Waals surface area contributed by atoms with Crippen LogP contribution in [0.1, 0.15) is 20.8 Å². The Labute approximate surface area is 147 Å². The lowest BCUT2D eigenvalue weighted by Crippen LogP contribution is -2.45. The third kappa shape index (κ3) is 7.08. The molecule has 1 aromatic carbocycles. The minimum Gasteiger partial charge on any atom is -0.350 e. The lowest BCUT2D eigenvalue weighted by Gasteiger charge is -2.23. The molecule has 0 saturated heterocycles. The van der Waals surface area contributed by atoms with Gasteiger partial charge in [-0.05, 0) is 46.0 Å². The molecule has 0 heterocycles. The van der Waals surface area contributed by atoms with Crippen molar-refractivity contribution >= 4 is 38.9 Å². The van der Waals surface area contributed by atoms with Gasteiger partial charge >= 0.3 is 0 Å². The highest BCUT2D eigenvalue weighted by atomic mass is 35.5. The van der Waals surface area contributed by atoms with Crippen molar-refractivity contribution in [2.75, 3.05) is 25.9 Å². The van der Waals surface area contributed by atoms with Crippen molar-refractivity contribution in [3.05, 3.63) is 28.2 Å². The van der Waals surface area contributed by atoms with Gasteiger partial charge in [-0.3, -0.25) is 9.69 Å². The fourth-order valence-electron chi connectivity index (χ4n) is 1.88. The van der Waals surface area contributed by atoms with Crippen LogP contribution in [0.4, 0.5) is 0 Å². The Morgan fingerprint density at radius 1 is 1.26 bits per heavy atom. The molecule has 0 saturated carbocycles. The van der Waals surface area contributed by atoms with E-state index in [2.05, 4.69) is 5.32 Å². The van der Waals surface area contributed by atoms with Crippen LogP contribution in [0.25, 0.3) is 0 Å². The van der Waals surface area contributed by atoms with Crippen molar-refractivity contribution in [3.8, 4) is 0 Å². The van der Waals surface area contributed by atoms with E-state index in [0.717, 1.165) is 0 Å². The highest BCUT2D eigenvalue weighted by Crippen LogP contribution is 2.25. The molecular formula is C15H22Cl2N2O3S. The van der Waals surface area contributed by atoms with Crippen molar-refractivity contribution < 1.29 is 13.2 Å².